The third-order valence-corrected chi connectivity index (χ3v) is 4.81. The van der Waals surface area contributed by atoms with E-state index in [9.17, 15) is 4.79 Å². The largest absolute Gasteiger partial charge is 0.357 e. The standard InChI is InChI=1S/C20H29N7O.HI/c1-5-21-20(26-10-8-25(9-11-26)17(4)28)23-14-18-6-7-19(22-13-18)27-16(3)12-15(2)24-27;/h6-7,12-13H,5,8-11,14H2,1-4H3,(H,21,23);1H. The highest BCUT2D eigenvalue weighted by molar-refractivity contribution is 14.0. The highest BCUT2D eigenvalue weighted by Crippen LogP contribution is 2.11. The number of aromatic nitrogens is 3. The number of carbonyl (C=O) groups is 1. The number of rotatable bonds is 4. The Labute approximate surface area is 189 Å². The molecular formula is C20H30IN7O. The minimum atomic E-state index is 0. The van der Waals surface area contributed by atoms with Gasteiger partial charge < -0.3 is 15.1 Å². The molecule has 1 saturated heterocycles. The van der Waals surface area contributed by atoms with E-state index < -0.39 is 0 Å². The molecule has 0 bridgehead atoms. The molecule has 3 rings (SSSR count). The van der Waals surface area contributed by atoms with Crippen LogP contribution in [-0.4, -0.2) is 69.2 Å². The van der Waals surface area contributed by atoms with Crippen molar-refractivity contribution < 1.29 is 4.79 Å². The summed E-state index contributed by atoms with van der Waals surface area (Å²) in [5.74, 6) is 1.83. The van der Waals surface area contributed by atoms with Crippen molar-refractivity contribution in [3.63, 3.8) is 0 Å². The molecular weight excluding hydrogens is 481 g/mol. The van der Waals surface area contributed by atoms with Crippen LogP contribution in [0.1, 0.15) is 30.8 Å². The zero-order valence-electron chi connectivity index (χ0n) is 17.6. The second-order valence-corrected chi connectivity index (χ2v) is 7.03. The quantitative estimate of drug-likeness (QED) is 0.387. The average Bonchev–Trinajstić information content (AvgIpc) is 3.03. The fourth-order valence-corrected chi connectivity index (χ4v) is 3.32. The number of piperazine rings is 1. The van der Waals surface area contributed by atoms with Gasteiger partial charge >= 0.3 is 0 Å². The molecule has 1 N–H and O–H groups in total. The average molecular weight is 511 g/mol. The third-order valence-electron chi connectivity index (χ3n) is 4.81. The van der Waals surface area contributed by atoms with E-state index in [1.165, 1.54) is 0 Å². The number of aliphatic imine (C=N–C) groups is 1. The van der Waals surface area contributed by atoms with Gasteiger partial charge in [0.05, 0.1) is 12.2 Å². The summed E-state index contributed by atoms with van der Waals surface area (Å²) in [6.07, 6.45) is 1.85. The van der Waals surface area contributed by atoms with E-state index in [-0.39, 0.29) is 29.9 Å². The lowest BCUT2D eigenvalue weighted by atomic mass is 10.3. The van der Waals surface area contributed by atoms with Gasteiger partial charge in [-0.15, -0.1) is 24.0 Å². The van der Waals surface area contributed by atoms with Crippen molar-refractivity contribution in [3.05, 3.63) is 41.3 Å². The van der Waals surface area contributed by atoms with Crippen LogP contribution in [0.2, 0.25) is 0 Å². The van der Waals surface area contributed by atoms with Crippen LogP contribution in [0.3, 0.4) is 0 Å². The van der Waals surface area contributed by atoms with E-state index in [2.05, 4.69) is 27.2 Å². The van der Waals surface area contributed by atoms with Gasteiger partial charge in [0.1, 0.15) is 0 Å². The van der Waals surface area contributed by atoms with E-state index in [4.69, 9.17) is 4.99 Å². The number of aryl methyl sites for hydroxylation is 2. The normalized spacial score (nSPS) is 14.6. The van der Waals surface area contributed by atoms with Crippen LogP contribution >= 0.6 is 24.0 Å². The van der Waals surface area contributed by atoms with E-state index in [1.807, 2.05) is 47.8 Å². The summed E-state index contributed by atoms with van der Waals surface area (Å²) in [6.45, 7) is 12.1. The molecule has 2 aromatic rings. The first kappa shape index (κ1) is 23.1. The summed E-state index contributed by atoms with van der Waals surface area (Å²) in [5, 5.41) is 7.82. The second-order valence-electron chi connectivity index (χ2n) is 7.03. The van der Waals surface area contributed by atoms with Crippen molar-refractivity contribution in [1.29, 1.82) is 0 Å². The fourth-order valence-electron chi connectivity index (χ4n) is 3.32. The zero-order valence-corrected chi connectivity index (χ0v) is 19.9. The molecule has 0 aromatic carbocycles. The minimum Gasteiger partial charge on any atom is -0.357 e. The van der Waals surface area contributed by atoms with E-state index in [0.717, 1.165) is 61.5 Å². The molecule has 1 fully saturated rings. The summed E-state index contributed by atoms with van der Waals surface area (Å²) in [7, 11) is 0. The van der Waals surface area contributed by atoms with Gasteiger partial charge in [-0.25, -0.2) is 14.7 Å². The summed E-state index contributed by atoms with van der Waals surface area (Å²) < 4.78 is 1.85. The topological polar surface area (TPSA) is 78.7 Å². The smallest absolute Gasteiger partial charge is 0.219 e. The molecule has 9 heteroatoms. The molecule has 0 atom stereocenters. The van der Waals surface area contributed by atoms with Crippen LogP contribution in [0.25, 0.3) is 5.82 Å². The first-order valence-electron chi connectivity index (χ1n) is 9.75. The maximum absolute atomic E-state index is 11.5. The van der Waals surface area contributed by atoms with Gasteiger partial charge in [0.15, 0.2) is 11.8 Å². The Morgan fingerprint density at radius 2 is 1.86 bits per heavy atom. The number of pyridine rings is 1. The number of amides is 1. The summed E-state index contributed by atoms with van der Waals surface area (Å²) in [6, 6.07) is 6.05. The maximum Gasteiger partial charge on any atom is 0.219 e. The van der Waals surface area contributed by atoms with Gasteiger partial charge in [0, 0.05) is 51.5 Å². The first-order chi connectivity index (χ1) is 13.5. The Bertz CT molecular complexity index is 839. The van der Waals surface area contributed by atoms with Crippen LogP contribution in [0.15, 0.2) is 29.4 Å². The molecule has 0 radical (unpaired) electrons. The predicted octanol–water partition coefficient (Wildman–Crippen LogP) is 2.13. The van der Waals surface area contributed by atoms with Crippen molar-refractivity contribution >= 4 is 35.8 Å². The summed E-state index contributed by atoms with van der Waals surface area (Å²) in [5.41, 5.74) is 3.09. The van der Waals surface area contributed by atoms with Crippen molar-refractivity contribution in [2.75, 3.05) is 32.7 Å². The van der Waals surface area contributed by atoms with Crippen LogP contribution in [0.5, 0.6) is 0 Å². The van der Waals surface area contributed by atoms with Crippen molar-refractivity contribution in [2.45, 2.75) is 34.2 Å². The fraction of sp³-hybridized carbons (Fsp3) is 0.500. The Balaban J connectivity index is 0.00000300. The molecule has 0 unspecified atom stereocenters. The molecule has 8 nitrogen and oxygen atoms in total. The van der Waals surface area contributed by atoms with Crippen molar-refractivity contribution in [1.82, 2.24) is 29.9 Å². The Hall–Kier alpha value is -2.17. The van der Waals surface area contributed by atoms with Crippen LogP contribution < -0.4 is 5.32 Å². The molecule has 1 amide bonds. The molecule has 1 aliphatic rings. The third kappa shape index (κ3) is 5.91. The molecule has 3 heterocycles. The monoisotopic (exact) mass is 511 g/mol. The molecule has 0 spiro atoms. The van der Waals surface area contributed by atoms with Crippen LogP contribution in [-0.2, 0) is 11.3 Å². The number of carbonyl (C=O) groups excluding carboxylic acids is 1. The number of guanidine groups is 1. The second kappa shape index (κ2) is 10.6. The summed E-state index contributed by atoms with van der Waals surface area (Å²) in [4.78, 5) is 24.9. The number of halogens is 1. The molecule has 1 aliphatic heterocycles. The van der Waals surface area contributed by atoms with Crippen molar-refractivity contribution in [3.8, 4) is 5.82 Å². The van der Waals surface area contributed by atoms with Crippen LogP contribution in [0.4, 0.5) is 0 Å². The Kier molecular flexibility index (Phi) is 8.42. The number of hydrogen-bond acceptors (Lipinski definition) is 4. The van der Waals surface area contributed by atoms with Crippen LogP contribution in [0, 0.1) is 13.8 Å². The maximum atomic E-state index is 11.5. The number of nitrogens with one attached hydrogen (secondary N) is 1. The molecule has 0 saturated carbocycles. The molecule has 2 aromatic heterocycles. The van der Waals surface area contributed by atoms with E-state index in [0.29, 0.717) is 6.54 Å². The van der Waals surface area contributed by atoms with Gasteiger partial charge in [0.2, 0.25) is 5.91 Å². The highest BCUT2D eigenvalue weighted by Gasteiger charge is 2.20. The van der Waals surface area contributed by atoms with Crippen molar-refractivity contribution in [2.24, 2.45) is 4.99 Å². The predicted molar refractivity (Wildman–Crippen MR) is 125 cm³/mol. The van der Waals surface area contributed by atoms with E-state index >= 15 is 0 Å². The minimum absolute atomic E-state index is 0. The molecule has 158 valence electrons. The van der Waals surface area contributed by atoms with E-state index in [1.54, 1.807) is 6.92 Å². The molecule has 0 aliphatic carbocycles. The molecule has 29 heavy (non-hydrogen) atoms. The number of hydrogen-bond donors (Lipinski definition) is 1. The lowest BCUT2D eigenvalue weighted by molar-refractivity contribution is -0.130. The highest BCUT2D eigenvalue weighted by atomic mass is 127. The Morgan fingerprint density at radius 3 is 2.38 bits per heavy atom. The SMILES string of the molecule is CCNC(=NCc1ccc(-n2nc(C)cc2C)nc1)N1CCN(C(C)=O)CC1.I. The van der Waals surface area contributed by atoms with Gasteiger partial charge in [-0.3, -0.25) is 4.79 Å². The van der Waals surface area contributed by atoms with Gasteiger partial charge in [-0.2, -0.15) is 5.10 Å². The Morgan fingerprint density at radius 1 is 1.17 bits per heavy atom. The van der Waals surface area contributed by atoms with Gasteiger partial charge in [0.25, 0.3) is 0 Å². The number of nitrogens with zero attached hydrogens (tertiary/aromatic N) is 6. The lowest BCUT2D eigenvalue weighted by Crippen LogP contribution is -2.53. The van der Waals surface area contributed by atoms with Gasteiger partial charge in [-0.1, -0.05) is 6.07 Å². The summed E-state index contributed by atoms with van der Waals surface area (Å²) >= 11 is 0. The first-order valence-corrected chi connectivity index (χ1v) is 9.75. The lowest BCUT2D eigenvalue weighted by Gasteiger charge is -2.36. The van der Waals surface area contributed by atoms with Gasteiger partial charge in [-0.05, 0) is 38.5 Å². The zero-order chi connectivity index (χ0) is 20.1.